The lowest BCUT2D eigenvalue weighted by Gasteiger charge is -2.18. The molecule has 0 aliphatic heterocycles. The number of hydrogen-bond donors (Lipinski definition) is 2. The van der Waals surface area contributed by atoms with Crippen molar-refractivity contribution >= 4 is 11.6 Å². The van der Waals surface area contributed by atoms with Gasteiger partial charge < -0.3 is 11.1 Å². The second-order valence-electron chi connectivity index (χ2n) is 6.56. The zero-order valence-corrected chi connectivity index (χ0v) is 11.2. The fraction of sp³-hybridized carbons (Fsp3) is 0.714. The van der Waals surface area contributed by atoms with Crippen LogP contribution in [-0.2, 0) is 0 Å². The Balaban J connectivity index is 1.72. The molecular weight excluding hydrogens is 224 g/mol. The maximum Gasteiger partial charge on any atom is 0.136 e. The first-order chi connectivity index (χ1) is 8.52. The van der Waals surface area contributed by atoms with Crippen LogP contribution in [-0.4, -0.2) is 16.0 Å². The Bertz CT molecular complexity index is 451. The summed E-state index contributed by atoms with van der Waals surface area (Å²) in [5, 5.41) is 3.53. The van der Waals surface area contributed by atoms with E-state index in [9.17, 15) is 0 Å². The molecule has 2 aliphatic carbocycles. The quantitative estimate of drug-likeness (QED) is 0.860. The highest BCUT2D eigenvalue weighted by atomic mass is 15.1. The van der Waals surface area contributed by atoms with E-state index in [2.05, 4.69) is 29.1 Å². The number of aromatic nitrogens is 2. The van der Waals surface area contributed by atoms with Crippen LogP contribution in [0, 0.1) is 5.41 Å². The van der Waals surface area contributed by atoms with Gasteiger partial charge >= 0.3 is 0 Å². The molecule has 2 saturated carbocycles. The molecule has 0 radical (unpaired) electrons. The van der Waals surface area contributed by atoms with Gasteiger partial charge in [-0.05, 0) is 37.5 Å². The second kappa shape index (κ2) is 4.11. The van der Waals surface area contributed by atoms with Crippen LogP contribution in [0.1, 0.15) is 57.7 Å². The lowest BCUT2D eigenvalue weighted by Crippen LogP contribution is -2.19. The van der Waals surface area contributed by atoms with Gasteiger partial charge in [0.05, 0.1) is 0 Å². The van der Waals surface area contributed by atoms with Gasteiger partial charge in [-0.2, -0.15) is 0 Å². The van der Waals surface area contributed by atoms with E-state index < -0.39 is 0 Å². The third-order valence-electron chi connectivity index (χ3n) is 4.03. The summed E-state index contributed by atoms with van der Waals surface area (Å²) >= 11 is 0. The molecule has 0 spiro atoms. The summed E-state index contributed by atoms with van der Waals surface area (Å²) < 4.78 is 0. The Morgan fingerprint density at radius 3 is 2.67 bits per heavy atom. The average Bonchev–Trinajstić information content (AvgIpc) is 3.04. The molecule has 3 N–H and O–H groups in total. The van der Waals surface area contributed by atoms with E-state index in [1.54, 1.807) is 0 Å². The Morgan fingerprint density at radius 1 is 1.28 bits per heavy atom. The van der Waals surface area contributed by atoms with Gasteiger partial charge in [0.15, 0.2) is 0 Å². The molecule has 1 unspecified atom stereocenters. The van der Waals surface area contributed by atoms with Crippen LogP contribution < -0.4 is 11.1 Å². The molecule has 2 aliphatic rings. The van der Waals surface area contributed by atoms with Gasteiger partial charge in [-0.1, -0.05) is 13.8 Å². The lowest BCUT2D eigenvalue weighted by molar-refractivity contribution is 0.378. The summed E-state index contributed by atoms with van der Waals surface area (Å²) in [6, 6.07) is 2.39. The van der Waals surface area contributed by atoms with E-state index in [-0.39, 0.29) is 0 Å². The summed E-state index contributed by atoms with van der Waals surface area (Å²) in [6.07, 6.45) is 6.12. The van der Waals surface area contributed by atoms with Crippen molar-refractivity contribution in [1.82, 2.24) is 9.97 Å². The number of nitrogens with zero attached hydrogens (tertiary/aromatic N) is 2. The fourth-order valence-electron chi connectivity index (χ4n) is 2.85. The first kappa shape index (κ1) is 11.8. The Hall–Kier alpha value is -1.32. The average molecular weight is 246 g/mol. The van der Waals surface area contributed by atoms with Crippen molar-refractivity contribution in [2.45, 2.75) is 57.9 Å². The summed E-state index contributed by atoms with van der Waals surface area (Å²) in [7, 11) is 0. The van der Waals surface area contributed by atoms with Crippen LogP contribution in [0.25, 0.3) is 0 Å². The van der Waals surface area contributed by atoms with Gasteiger partial charge in [0.25, 0.3) is 0 Å². The highest BCUT2D eigenvalue weighted by Crippen LogP contribution is 2.40. The molecule has 1 aromatic heterocycles. The molecule has 0 amide bonds. The molecule has 1 aromatic rings. The SMILES string of the molecule is CC1(C)CCC(Nc2cc(N)nc(C3CC3)n2)C1. The Labute approximate surface area is 108 Å². The summed E-state index contributed by atoms with van der Waals surface area (Å²) in [6.45, 7) is 4.66. The molecule has 0 aromatic carbocycles. The molecule has 1 atom stereocenters. The van der Waals surface area contributed by atoms with Crippen LogP contribution in [0.15, 0.2) is 6.07 Å². The second-order valence-corrected chi connectivity index (χ2v) is 6.56. The third-order valence-corrected chi connectivity index (χ3v) is 4.03. The van der Waals surface area contributed by atoms with Crippen LogP contribution in [0.4, 0.5) is 11.6 Å². The number of anilines is 2. The fourth-order valence-corrected chi connectivity index (χ4v) is 2.85. The molecule has 0 bridgehead atoms. The van der Waals surface area contributed by atoms with Crippen LogP contribution in [0.3, 0.4) is 0 Å². The van der Waals surface area contributed by atoms with E-state index in [0.717, 1.165) is 11.6 Å². The summed E-state index contributed by atoms with van der Waals surface area (Å²) in [4.78, 5) is 8.93. The number of rotatable bonds is 3. The minimum absolute atomic E-state index is 0.454. The highest BCUT2D eigenvalue weighted by molar-refractivity contribution is 5.46. The molecule has 2 fully saturated rings. The number of hydrogen-bond acceptors (Lipinski definition) is 4. The van der Waals surface area contributed by atoms with Gasteiger partial charge in [0, 0.05) is 18.0 Å². The minimum Gasteiger partial charge on any atom is -0.384 e. The standard InChI is InChI=1S/C14H22N4/c1-14(2)6-5-10(8-14)16-12-7-11(15)17-13(18-12)9-3-4-9/h7,9-10H,3-6,8H2,1-2H3,(H3,15,16,17,18). The van der Waals surface area contributed by atoms with Crippen LogP contribution in [0.2, 0.25) is 0 Å². The van der Waals surface area contributed by atoms with Crippen molar-refractivity contribution in [2.75, 3.05) is 11.1 Å². The van der Waals surface area contributed by atoms with Crippen molar-refractivity contribution < 1.29 is 0 Å². The first-order valence-corrected chi connectivity index (χ1v) is 6.93. The number of nitrogen functional groups attached to an aromatic ring is 1. The molecule has 0 saturated heterocycles. The van der Waals surface area contributed by atoms with Crippen LogP contribution >= 0.6 is 0 Å². The largest absolute Gasteiger partial charge is 0.384 e. The topological polar surface area (TPSA) is 63.8 Å². The van der Waals surface area contributed by atoms with E-state index in [0.29, 0.717) is 23.2 Å². The van der Waals surface area contributed by atoms with E-state index in [1.165, 1.54) is 32.1 Å². The van der Waals surface area contributed by atoms with E-state index >= 15 is 0 Å². The summed E-state index contributed by atoms with van der Waals surface area (Å²) in [5.74, 6) is 2.97. The Kier molecular flexibility index (Phi) is 2.68. The molecular formula is C14H22N4. The van der Waals surface area contributed by atoms with Crippen molar-refractivity contribution in [3.05, 3.63) is 11.9 Å². The zero-order chi connectivity index (χ0) is 12.8. The molecule has 3 rings (SSSR count). The lowest BCUT2D eigenvalue weighted by atomic mass is 9.92. The van der Waals surface area contributed by atoms with Crippen LogP contribution in [0.5, 0.6) is 0 Å². The minimum atomic E-state index is 0.454. The molecule has 4 nitrogen and oxygen atoms in total. The van der Waals surface area contributed by atoms with Crippen molar-refractivity contribution in [1.29, 1.82) is 0 Å². The first-order valence-electron chi connectivity index (χ1n) is 6.93. The highest BCUT2D eigenvalue weighted by Gasteiger charge is 2.31. The summed E-state index contributed by atoms with van der Waals surface area (Å²) in [5.41, 5.74) is 6.32. The number of nitrogens with two attached hydrogens (primary N) is 1. The van der Waals surface area contributed by atoms with Crippen molar-refractivity contribution in [3.63, 3.8) is 0 Å². The van der Waals surface area contributed by atoms with Gasteiger partial charge in [0.2, 0.25) is 0 Å². The Morgan fingerprint density at radius 2 is 2.06 bits per heavy atom. The normalized spacial score (nSPS) is 26.2. The van der Waals surface area contributed by atoms with Crippen molar-refractivity contribution in [2.24, 2.45) is 5.41 Å². The maximum absolute atomic E-state index is 5.86. The zero-order valence-electron chi connectivity index (χ0n) is 11.2. The van der Waals surface area contributed by atoms with Crippen molar-refractivity contribution in [3.8, 4) is 0 Å². The smallest absolute Gasteiger partial charge is 0.136 e. The third kappa shape index (κ3) is 2.57. The molecule has 4 heteroatoms. The van der Waals surface area contributed by atoms with Gasteiger partial charge in [-0.15, -0.1) is 0 Å². The molecule has 18 heavy (non-hydrogen) atoms. The van der Waals surface area contributed by atoms with Gasteiger partial charge in [0.1, 0.15) is 17.5 Å². The molecule has 1 heterocycles. The monoisotopic (exact) mass is 246 g/mol. The van der Waals surface area contributed by atoms with Gasteiger partial charge in [-0.25, -0.2) is 9.97 Å². The molecule has 98 valence electrons. The van der Waals surface area contributed by atoms with E-state index in [4.69, 9.17) is 5.73 Å². The predicted octanol–water partition coefficient (Wildman–Crippen LogP) is 2.93. The maximum atomic E-state index is 5.86. The predicted molar refractivity (Wildman–Crippen MR) is 73.5 cm³/mol. The number of nitrogens with one attached hydrogen (secondary N) is 1. The van der Waals surface area contributed by atoms with E-state index in [1.807, 2.05) is 6.07 Å². The van der Waals surface area contributed by atoms with Gasteiger partial charge in [-0.3, -0.25) is 0 Å².